The second kappa shape index (κ2) is 12.8. The van der Waals surface area contributed by atoms with Crippen molar-refractivity contribution in [2.45, 2.75) is 45.6 Å². The van der Waals surface area contributed by atoms with Crippen molar-refractivity contribution in [3.8, 4) is 18.1 Å². The van der Waals surface area contributed by atoms with E-state index in [0.717, 1.165) is 46.3 Å². The van der Waals surface area contributed by atoms with Gasteiger partial charge in [0.15, 0.2) is 14.6 Å². The van der Waals surface area contributed by atoms with Crippen molar-refractivity contribution in [1.29, 1.82) is 0 Å². The number of rotatable bonds is 9. The summed E-state index contributed by atoms with van der Waals surface area (Å²) in [5.74, 6) is -1.08. The molecule has 1 aliphatic carbocycles. The number of carbonyl (C=O) groups is 3. The van der Waals surface area contributed by atoms with Crippen LogP contribution in [0, 0.1) is 12.3 Å². The van der Waals surface area contributed by atoms with Gasteiger partial charge in [0.2, 0.25) is 5.91 Å². The van der Waals surface area contributed by atoms with Crippen molar-refractivity contribution in [3.63, 3.8) is 0 Å². The number of carbonyl (C=O) groups excluding carboxylic acids is 3. The van der Waals surface area contributed by atoms with Gasteiger partial charge in [0.1, 0.15) is 22.3 Å². The summed E-state index contributed by atoms with van der Waals surface area (Å²) in [5, 5.41) is 2.83. The Morgan fingerprint density at radius 1 is 1.15 bits per heavy atom. The standard InChI is InChI=1S/C27H29N3O7S3/c1-4-13-30-19-12-11-17(37-5-2)14-21(19)39-27(30)29-23(32)16-40(34,35)15-22(31)28-25-24(26(33)36-3)18-9-7-6-8-10-20(18)38-25/h1,11-12,14H,5-10,13,15-16H2,2-3H3,(H,28,31). The fraction of sp³-hybridized carbons (Fsp3) is 0.407. The number of anilines is 1. The first kappa shape index (κ1) is 29.5. The highest BCUT2D eigenvalue weighted by atomic mass is 32.2. The number of nitrogens with one attached hydrogen (secondary N) is 1. The zero-order valence-electron chi connectivity index (χ0n) is 22.2. The molecule has 0 unspecified atom stereocenters. The summed E-state index contributed by atoms with van der Waals surface area (Å²) in [7, 11) is -2.91. The maximum absolute atomic E-state index is 12.8. The number of fused-ring (bicyclic) bond motifs is 2. The number of esters is 1. The zero-order valence-corrected chi connectivity index (χ0v) is 24.6. The van der Waals surface area contributed by atoms with E-state index >= 15 is 0 Å². The summed E-state index contributed by atoms with van der Waals surface area (Å²) >= 11 is 2.44. The number of hydrogen-bond acceptors (Lipinski definition) is 9. The molecule has 10 nitrogen and oxygen atoms in total. The molecule has 0 saturated carbocycles. The second-order valence-electron chi connectivity index (χ2n) is 9.08. The minimum atomic E-state index is -4.17. The summed E-state index contributed by atoms with van der Waals surface area (Å²) < 4.78 is 38.4. The van der Waals surface area contributed by atoms with E-state index in [0.29, 0.717) is 18.8 Å². The van der Waals surface area contributed by atoms with E-state index in [2.05, 4.69) is 16.2 Å². The van der Waals surface area contributed by atoms with E-state index in [1.54, 1.807) is 22.8 Å². The van der Waals surface area contributed by atoms with Gasteiger partial charge in [-0.3, -0.25) is 9.59 Å². The molecule has 0 radical (unpaired) electrons. The first-order valence-corrected chi connectivity index (χ1v) is 16.1. The van der Waals surface area contributed by atoms with Crippen LogP contribution in [0.1, 0.15) is 47.0 Å². The predicted octanol–water partition coefficient (Wildman–Crippen LogP) is 3.33. The van der Waals surface area contributed by atoms with Crippen molar-refractivity contribution in [2.24, 2.45) is 4.99 Å². The molecule has 0 atom stereocenters. The Balaban J connectivity index is 1.51. The number of aromatic nitrogens is 1. The van der Waals surface area contributed by atoms with Gasteiger partial charge < -0.3 is 19.4 Å². The number of thiophene rings is 1. The molecule has 0 aliphatic heterocycles. The molecule has 3 aromatic rings. The van der Waals surface area contributed by atoms with E-state index in [9.17, 15) is 22.8 Å². The fourth-order valence-corrected chi connectivity index (χ4v) is 7.91. The highest BCUT2D eigenvalue weighted by Gasteiger charge is 2.28. The molecule has 2 amide bonds. The summed E-state index contributed by atoms with van der Waals surface area (Å²) in [6, 6.07) is 5.37. The molecular weight excluding hydrogens is 575 g/mol. The highest BCUT2D eigenvalue weighted by Crippen LogP contribution is 2.38. The molecule has 0 saturated heterocycles. The molecule has 13 heteroatoms. The molecule has 0 spiro atoms. The third kappa shape index (κ3) is 6.80. The third-order valence-corrected chi connectivity index (χ3v) is 9.83. The lowest BCUT2D eigenvalue weighted by Crippen LogP contribution is -2.28. The molecule has 40 heavy (non-hydrogen) atoms. The smallest absolute Gasteiger partial charge is 0.341 e. The van der Waals surface area contributed by atoms with E-state index in [1.165, 1.54) is 29.8 Å². The van der Waals surface area contributed by atoms with Crippen molar-refractivity contribution >= 4 is 65.5 Å². The van der Waals surface area contributed by atoms with E-state index in [-0.39, 0.29) is 21.9 Å². The van der Waals surface area contributed by atoms with E-state index in [4.69, 9.17) is 15.9 Å². The number of amides is 2. The number of benzene rings is 1. The number of nitrogens with zero attached hydrogens (tertiary/aromatic N) is 2. The maximum Gasteiger partial charge on any atom is 0.341 e. The summed E-state index contributed by atoms with van der Waals surface area (Å²) in [6.07, 6.45) is 9.88. The molecule has 0 bridgehead atoms. The maximum atomic E-state index is 12.8. The average molecular weight is 604 g/mol. The van der Waals surface area contributed by atoms with Crippen LogP contribution in [0.2, 0.25) is 0 Å². The summed E-state index contributed by atoms with van der Waals surface area (Å²) in [5.41, 5.74) is 1.85. The minimum absolute atomic E-state index is 0.128. The van der Waals surface area contributed by atoms with Crippen LogP contribution in [-0.4, -0.2) is 56.0 Å². The highest BCUT2D eigenvalue weighted by molar-refractivity contribution is 7.92. The Morgan fingerprint density at radius 3 is 2.65 bits per heavy atom. The average Bonchev–Trinajstić information content (AvgIpc) is 3.29. The van der Waals surface area contributed by atoms with Gasteiger partial charge in [0.25, 0.3) is 5.91 Å². The monoisotopic (exact) mass is 603 g/mol. The van der Waals surface area contributed by atoms with Gasteiger partial charge in [-0.15, -0.1) is 17.8 Å². The molecule has 2 heterocycles. The number of terminal acetylenes is 1. The molecule has 0 fully saturated rings. The van der Waals surface area contributed by atoms with Gasteiger partial charge in [-0.25, -0.2) is 13.2 Å². The van der Waals surface area contributed by atoms with Crippen LogP contribution >= 0.6 is 22.7 Å². The normalized spacial score (nSPS) is 13.8. The lowest BCUT2D eigenvalue weighted by Gasteiger charge is -2.07. The number of thiazole rings is 1. The Kier molecular flexibility index (Phi) is 9.44. The summed E-state index contributed by atoms with van der Waals surface area (Å²) in [4.78, 5) is 43.2. The fourth-order valence-electron chi connectivity index (χ4n) is 4.53. The predicted molar refractivity (Wildman–Crippen MR) is 155 cm³/mol. The van der Waals surface area contributed by atoms with Crippen LogP contribution in [0.25, 0.3) is 10.2 Å². The molecule has 4 rings (SSSR count). The number of ether oxygens (including phenoxy) is 2. The second-order valence-corrected chi connectivity index (χ2v) is 13.3. The summed E-state index contributed by atoms with van der Waals surface area (Å²) in [6.45, 7) is 2.48. The van der Waals surface area contributed by atoms with E-state index in [1.807, 2.05) is 6.92 Å². The van der Waals surface area contributed by atoms with Crippen molar-refractivity contribution < 1.29 is 32.3 Å². The zero-order chi connectivity index (χ0) is 28.9. The number of sulfone groups is 1. The van der Waals surface area contributed by atoms with Gasteiger partial charge in [-0.1, -0.05) is 23.7 Å². The van der Waals surface area contributed by atoms with Crippen LogP contribution < -0.4 is 14.9 Å². The minimum Gasteiger partial charge on any atom is -0.494 e. The SMILES string of the molecule is C#CCn1c(=NC(=O)CS(=O)(=O)CC(=O)Nc2sc3c(c2C(=O)OC)CCCCC3)sc2cc(OCC)ccc21. The van der Waals surface area contributed by atoms with Crippen LogP contribution in [0.3, 0.4) is 0 Å². The molecule has 1 aromatic carbocycles. The lowest BCUT2D eigenvalue weighted by molar-refractivity contribution is -0.115. The molecule has 2 aromatic heterocycles. The molecule has 1 N–H and O–H groups in total. The van der Waals surface area contributed by atoms with Gasteiger partial charge in [0.05, 0.1) is 36.0 Å². The van der Waals surface area contributed by atoms with Gasteiger partial charge in [-0.2, -0.15) is 4.99 Å². The van der Waals surface area contributed by atoms with E-state index < -0.39 is 39.1 Å². The first-order valence-electron chi connectivity index (χ1n) is 12.7. The van der Waals surface area contributed by atoms with Crippen molar-refractivity contribution in [2.75, 3.05) is 30.5 Å². The first-order chi connectivity index (χ1) is 19.2. The Hall–Kier alpha value is -3.47. The van der Waals surface area contributed by atoms with Crippen molar-refractivity contribution in [3.05, 3.63) is 39.0 Å². The quantitative estimate of drug-likeness (QED) is 0.225. The lowest BCUT2D eigenvalue weighted by atomic mass is 10.1. The van der Waals surface area contributed by atoms with Crippen LogP contribution in [-0.2, 0) is 43.5 Å². The third-order valence-electron chi connectivity index (χ3n) is 6.19. The topological polar surface area (TPSA) is 133 Å². The molecule has 212 valence electrons. The molecule has 1 aliphatic rings. The van der Waals surface area contributed by atoms with Crippen LogP contribution in [0.15, 0.2) is 23.2 Å². The largest absolute Gasteiger partial charge is 0.494 e. The Bertz CT molecular complexity index is 1670. The van der Waals surface area contributed by atoms with Gasteiger partial charge in [0, 0.05) is 4.88 Å². The number of methoxy groups -OCH3 is 1. The van der Waals surface area contributed by atoms with Crippen molar-refractivity contribution in [1.82, 2.24) is 4.57 Å². The van der Waals surface area contributed by atoms with Crippen LogP contribution in [0.5, 0.6) is 5.75 Å². The molecular formula is C27H29N3O7S3. The van der Waals surface area contributed by atoms with Crippen LogP contribution in [0.4, 0.5) is 5.00 Å². The van der Waals surface area contributed by atoms with Gasteiger partial charge in [-0.05, 0) is 56.4 Å². The number of aryl methyl sites for hydroxylation is 1. The Labute approximate surface area is 239 Å². The number of hydrogen-bond donors (Lipinski definition) is 1. The Morgan fingerprint density at radius 2 is 1.93 bits per heavy atom. The van der Waals surface area contributed by atoms with Gasteiger partial charge >= 0.3 is 5.97 Å².